The van der Waals surface area contributed by atoms with E-state index in [0.717, 1.165) is 42.2 Å². The third kappa shape index (κ3) is 4.37. The number of carbonyl (C=O) groups excluding carboxylic acids is 1. The Kier molecular flexibility index (Phi) is 5.63. The number of piperidine rings is 1. The van der Waals surface area contributed by atoms with Crippen molar-refractivity contribution in [3.8, 4) is 16.5 Å². The van der Waals surface area contributed by atoms with Crippen LogP contribution in [-0.2, 0) is 4.79 Å². The fourth-order valence-corrected chi connectivity index (χ4v) is 3.92. The highest BCUT2D eigenvalue weighted by Gasteiger charge is 2.24. The molecule has 0 aliphatic carbocycles. The van der Waals surface area contributed by atoms with Gasteiger partial charge in [-0.05, 0) is 53.8 Å². The van der Waals surface area contributed by atoms with E-state index in [9.17, 15) is 4.79 Å². The van der Waals surface area contributed by atoms with Crippen molar-refractivity contribution in [3.05, 3.63) is 41.8 Å². The zero-order chi connectivity index (χ0) is 19.3. The normalized spacial score (nSPS) is 15.5. The van der Waals surface area contributed by atoms with Crippen LogP contribution in [-0.4, -0.2) is 57.8 Å². The van der Waals surface area contributed by atoms with Crippen molar-refractivity contribution in [2.45, 2.75) is 18.9 Å². The van der Waals surface area contributed by atoms with Crippen molar-refractivity contribution < 1.29 is 9.53 Å². The largest absolute Gasteiger partial charge is 0.497 e. The summed E-state index contributed by atoms with van der Waals surface area (Å²) in [5.74, 6) is 1.43. The second kappa shape index (κ2) is 8.49. The summed E-state index contributed by atoms with van der Waals surface area (Å²) in [6.07, 6.45) is 1.80. The molecule has 28 heavy (non-hydrogen) atoms. The molecule has 3 heterocycles. The van der Waals surface area contributed by atoms with Gasteiger partial charge in [-0.3, -0.25) is 9.69 Å². The minimum atomic E-state index is -0.0116. The highest BCUT2D eigenvalue weighted by atomic mass is 32.1. The van der Waals surface area contributed by atoms with Crippen LogP contribution in [0.25, 0.3) is 10.7 Å². The zero-order valence-electron chi connectivity index (χ0n) is 15.6. The number of hydrogen-bond donors (Lipinski definition) is 1. The van der Waals surface area contributed by atoms with E-state index in [1.165, 1.54) is 0 Å². The van der Waals surface area contributed by atoms with E-state index in [1.54, 1.807) is 23.2 Å². The Bertz CT molecular complexity index is 901. The molecule has 1 saturated heterocycles. The Hall–Kier alpha value is -2.78. The summed E-state index contributed by atoms with van der Waals surface area (Å²) in [6.45, 7) is 2.04. The fourth-order valence-electron chi connectivity index (χ4n) is 3.27. The lowest BCUT2D eigenvalue weighted by Gasteiger charge is -2.30. The molecular weight excluding hydrogens is 376 g/mol. The van der Waals surface area contributed by atoms with Gasteiger partial charge in [0.25, 0.3) is 0 Å². The molecule has 0 bridgehead atoms. The van der Waals surface area contributed by atoms with Crippen LogP contribution in [0.15, 0.2) is 41.8 Å². The summed E-state index contributed by atoms with van der Waals surface area (Å²) >= 11 is 1.61. The van der Waals surface area contributed by atoms with Crippen LogP contribution in [0.4, 0.5) is 5.69 Å². The van der Waals surface area contributed by atoms with Gasteiger partial charge in [0.2, 0.25) is 11.7 Å². The molecule has 0 radical (unpaired) electrons. The first-order chi connectivity index (χ1) is 13.7. The third-order valence-electron chi connectivity index (χ3n) is 4.79. The molecule has 1 fully saturated rings. The number of thiophene rings is 1. The van der Waals surface area contributed by atoms with E-state index >= 15 is 0 Å². The number of anilines is 1. The monoisotopic (exact) mass is 398 g/mol. The summed E-state index contributed by atoms with van der Waals surface area (Å²) in [5, 5.41) is 17.9. The van der Waals surface area contributed by atoms with Gasteiger partial charge in [-0.2, -0.15) is 4.80 Å². The predicted molar refractivity (Wildman–Crippen MR) is 107 cm³/mol. The molecule has 0 unspecified atom stereocenters. The number of ether oxygens (including phenoxy) is 1. The Morgan fingerprint density at radius 2 is 2.04 bits per heavy atom. The SMILES string of the molecule is COc1ccc(NC(=O)CN2CCC(n3nnc(-c4cccs4)n3)CC2)cc1. The van der Waals surface area contributed by atoms with E-state index in [4.69, 9.17) is 4.74 Å². The van der Waals surface area contributed by atoms with Crippen molar-refractivity contribution >= 4 is 22.9 Å². The number of carbonyl (C=O) groups is 1. The van der Waals surface area contributed by atoms with E-state index in [2.05, 4.69) is 25.6 Å². The Labute approximate surface area is 167 Å². The number of hydrogen-bond acceptors (Lipinski definition) is 7. The van der Waals surface area contributed by atoms with E-state index in [1.807, 2.05) is 41.8 Å². The highest BCUT2D eigenvalue weighted by molar-refractivity contribution is 7.13. The molecule has 1 N–H and O–H groups in total. The number of aromatic nitrogens is 4. The first-order valence-electron chi connectivity index (χ1n) is 9.21. The number of rotatable bonds is 6. The summed E-state index contributed by atoms with van der Waals surface area (Å²) < 4.78 is 5.13. The molecule has 1 aromatic carbocycles. The summed E-state index contributed by atoms with van der Waals surface area (Å²) in [7, 11) is 1.62. The van der Waals surface area contributed by atoms with Gasteiger partial charge < -0.3 is 10.1 Å². The summed E-state index contributed by atoms with van der Waals surface area (Å²) in [5.41, 5.74) is 0.772. The number of methoxy groups -OCH3 is 1. The van der Waals surface area contributed by atoms with Crippen LogP contribution in [0.1, 0.15) is 18.9 Å². The molecule has 2 aromatic heterocycles. The van der Waals surface area contributed by atoms with Gasteiger partial charge >= 0.3 is 0 Å². The number of amides is 1. The highest BCUT2D eigenvalue weighted by Crippen LogP contribution is 2.24. The van der Waals surface area contributed by atoms with Crippen molar-refractivity contribution in [3.63, 3.8) is 0 Å². The minimum absolute atomic E-state index is 0.0116. The molecule has 9 heteroatoms. The number of nitrogens with zero attached hydrogens (tertiary/aromatic N) is 5. The molecular formula is C19H22N6O2S. The molecule has 1 aliphatic rings. The van der Waals surface area contributed by atoms with Crippen LogP contribution in [0, 0.1) is 0 Å². The maximum absolute atomic E-state index is 12.3. The number of benzene rings is 1. The number of likely N-dealkylation sites (tertiary alicyclic amines) is 1. The lowest BCUT2D eigenvalue weighted by Crippen LogP contribution is -2.40. The molecule has 4 rings (SSSR count). The molecule has 3 aromatic rings. The molecule has 146 valence electrons. The van der Waals surface area contributed by atoms with E-state index in [-0.39, 0.29) is 11.9 Å². The second-order valence-electron chi connectivity index (χ2n) is 6.69. The standard InChI is InChI=1S/C19H22N6O2S/c1-27-16-6-4-14(5-7-16)20-18(26)13-24-10-8-15(9-11-24)25-22-19(21-23-25)17-3-2-12-28-17/h2-7,12,15H,8-11,13H2,1H3,(H,20,26). The van der Waals surface area contributed by atoms with Gasteiger partial charge in [0, 0.05) is 18.8 Å². The minimum Gasteiger partial charge on any atom is -0.497 e. The fraction of sp³-hybridized carbons (Fsp3) is 0.368. The maximum atomic E-state index is 12.3. The van der Waals surface area contributed by atoms with Gasteiger partial charge in [0.15, 0.2) is 0 Å². The first-order valence-corrected chi connectivity index (χ1v) is 10.1. The summed E-state index contributed by atoms with van der Waals surface area (Å²) in [4.78, 5) is 17.2. The molecule has 8 nitrogen and oxygen atoms in total. The van der Waals surface area contributed by atoms with Crippen LogP contribution in [0.2, 0.25) is 0 Å². The Balaban J connectivity index is 1.26. The average molecular weight is 398 g/mol. The predicted octanol–water partition coefficient (Wildman–Crippen LogP) is 2.69. The molecule has 1 aliphatic heterocycles. The summed E-state index contributed by atoms with van der Waals surface area (Å²) in [6, 6.07) is 11.5. The number of nitrogens with one attached hydrogen (secondary N) is 1. The topological polar surface area (TPSA) is 85.2 Å². The van der Waals surface area contributed by atoms with Crippen molar-refractivity contribution in [1.29, 1.82) is 0 Å². The average Bonchev–Trinajstić information content (AvgIpc) is 3.41. The van der Waals surface area contributed by atoms with Gasteiger partial charge in [0.05, 0.1) is 24.6 Å². The van der Waals surface area contributed by atoms with Gasteiger partial charge in [-0.25, -0.2) is 0 Å². The smallest absolute Gasteiger partial charge is 0.238 e. The van der Waals surface area contributed by atoms with Crippen LogP contribution < -0.4 is 10.1 Å². The van der Waals surface area contributed by atoms with E-state index < -0.39 is 0 Å². The maximum Gasteiger partial charge on any atom is 0.238 e. The van der Waals surface area contributed by atoms with Crippen molar-refractivity contribution in [1.82, 2.24) is 25.1 Å². The number of tetrazole rings is 1. The lowest BCUT2D eigenvalue weighted by atomic mass is 10.1. The van der Waals surface area contributed by atoms with Gasteiger partial charge in [-0.15, -0.1) is 21.5 Å². The Morgan fingerprint density at radius 1 is 1.25 bits per heavy atom. The molecule has 0 saturated carbocycles. The van der Waals surface area contributed by atoms with Crippen molar-refractivity contribution in [2.24, 2.45) is 0 Å². The van der Waals surface area contributed by atoms with Gasteiger partial charge in [-0.1, -0.05) is 6.07 Å². The zero-order valence-corrected chi connectivity index (χ0v) is 16.4. The molecule has 1 amide bonds. The lowest BCUT2D eigenvalue weighted by molar-refractivity contribution is -0.117. The second-order valence-corrected chi connectivity index (χ2v) is 7.64. The van der Waals surface area contributed by atoms with E-state index in [0.29, 0.717) is 12.4 Å². The third-order valence-corrected chi connectivity index (χ3v) is 5.66. The quantitative estimate of drug-likeness (QED) is 0.687. The van der Waals surface area contributed by atoms with Gasteiger partial charge in [0.1, 0.15) is 5.75 Å². The first kappa shape index (κ1) is 18.6. The molecule has 0 spiro atoms. The van der Waals surface area contributed by atoms with Crippen LogP contribution in [0.3, 0.4) is 0 Å². The van der Waals surface area contributed by atoms with Crippen LogP contribution in [0.5, 0.6) is 5.75 Å². The van der Waals surface area contributed by atoms with Crippen LogP contribution >= 0.6 is 11.3 Å². The Morgan fingerprint density at radius 3 is 2.71 bits per heavy atom. The molecule has 0 atom stereocenters. The van der Waals surface area contributed by atoms with Crippen molar-refractivity contribution in [2.75, 3.05) is 32.1 Å².